The third-order valence-electron chi connectivity index (χ3n) is 6.07. The Morgan fingerprint density at radius 2 is 1.94 bits per heavy atom. The number of anilines is 1. The van der Waals surface area contributed by atoms with E-state index in [2.05, 4.69) is 17.5 Å². The molecular formula is C24H26N4O3S. The maximum Gasteiger partial charge on any atom is 0.241 e. The van der Waals surface area contributed by atoms with Gasteiger partial charge in [-0.2, -0.15) is 5.26 Å². The molecule has 8 heteroatoms. The van der Waals surface area contributed by atoms with Crippen molar-refractivity contribution >= 4 is 29.3 Å². The van der Waals surface area contributed by atoms with Crippen molar-refractivity contribution < 1.29 is 14.3 Å². The zero-order valence-corrected chi connectivity index (χ0v) is 18.8. The van der Waals surface area contributed by atoms with Crippen LogP contribution in [0.4, 0.5) is 5.69 Å². The minimum absolute atomic E-state index is 0.108. The van der Waals surface area contributed by atoms with Crippen molar-refractivity contribution in [2.45, 2.75) is 35.7 Å². The largest absolute Gasteiger partial charge is 0.381 e. The van der Waals surface area contributed by atoms with Gasteiger partial charge in [-0.25, -0.2) is 0 Å². The Bertz CT molecular complexity index is 1060. The molecule has 7 nitrogen and oxygen atoms in total. The lowest BCUT2D eigenvalue weighted by Crippen LogP contribution is -2.58. The molecule has 1 saturated heterocycles. The second-order valence-electron chi connectivity index (χ2n) is 8.25. The number of hydrogen-bond acceptors (Lipinski definition) is 6. The Morgan fingerprint density at radius 1 is 1.25 bits per heavy atom. The second kappa shape index (κ2) is 9.33. The van der Waals surface area contributed by atoms with E-state index >= 15 is 0 Å². The highest BCUT2D eigenvalue weighted by Gasteiger charge is 2.36. The van der Waals surface area contributed by atoms with Crippen molar-refractivity contribution in [1.29, 1.82) is 5.26 Å². The standard InChI is InChI=1S/C24H26N4O3S/c1-28-20-7-6-18(13-21(20)32-15-22(28)29)17-4-2-16(3-5-17)12-19(14-25)27-23(30)24(26)8-10-31-11-9-24/h2-7,13,19H,8-12,15,26H2,1H3,(H,27,30)/t19-/m0/s1. The van der Waals surface area contributed by atoms with Crippen LogP contribution < -0.4 is 16.0 Å². The molecule has 0 unspecified atom stereocenters. The number of benzene rings is 2. The average Bonchev–Trinajstić information content (AvgIpc) is 2.81. The summed E-state index contributed by atoms with van der Waals surface area (Å²) in [7, 11) is 1.80. The predicted molar refractivity (Wildman–Crippen MR) is 124 cm³/mol. The Labute approximate surface area is 191 Å². The fraction of sp³-hybridized carbons (Fsp3) is 0.375. The van der Waals surface area contributed by atoms with Gasteiger partial charge in [0.05, 0.1) is 23.0 Å². The number of nitrogens with two attached hydrogens (primary N) is 1. The molecular weight excluding hydrogens is 424 g/mol. The molecule has 1 atom stereocenters. The van der Waals surface area contributed by atoms with Crippen LogP contribution in [-0.2, 0) is 20.7 Å². The van der Waals surface area contributed by atoms with Gasteiger partial charge in [-0.1, -0.05) is 30.3 Å². The first-order chi connectivity index (χ1) is 15.4. The van der Waals surface area contributed by atoms with Crippen molar-refractivity contribution in [2.75, 3.05) is 30.9 Å². The Hall–Kier alpha value is -2.86. The summed E-state index contributed by atoms with van der Waals surface area (Å²) in [5.41, 5.74) is 9.26. The SMILES string of the molecule is CN1C(=O)CSc2cc(-c3ccc(C[C@@H](C#N)NC(=O)C4(N)CCOCC4)cc3)ccc21. The third kappa shape index (κ3) is 4.65. The van der Waals surface area contributed by atoms with Crippen LogP contribution in [0.15, 0.2) is 47.4 Å². The summed E-state index contributed by atoms with van der Waals surface area (Å²) in [6.07, 6.45) is 1.31. The van der Waals surface area contributed by atoms with Gasteiger partial charge < -0.3 is 20.7 Å². The average molecular weight is 451 g/mol. The summed E-state index contributed by atoms with van der Waals surface area (Å²) in [5.74, 6) is 0.264. The predicted octanol–water partition coefficient (Wildman–Crippen LogP) is 2.48. The second-order valence-corrected chi connectivity index (χ2v) is 9.27. The van der Waals surface area contributed by atoms with Gasteiger partial charge in [0.25, 0.3) is 0 Å². The van der Waals surface area contributed by atoms with Crippen LogP contribution in [0.3, 0.4) is 0 Å². The van der Waals surface area contributed by atoms with Crippen LogP contribution >= 0.6 is 11.8 Å². The molecule has 2 aromatic rings. The molecule has 0 aliphatic carbocycles. The van der Waals surface area contributed by atoms with Gasteiger partial charge >= 0.3 is 0 Å². The number of ether oxygens (including phenoxy) is 1. The topological polar surface area (TPSA) is 108 Å². The molecule has 0 aromatic heterocycles. The maximum absolute atomic E-state index is 12.6. The lowest BCUT2D eigenvalue weighted by Gasteiger charge is -2.32. The number of nitriles is 1. The monoisotopic (exact) mass is 450 g/mol. The minimum Gasteiger partial charge on any atom is -0.381 e. The lowest BCUT2D eigenvalue weighted by atomic mass is 9.90. The molecule has 0 spiro atoms. The summed E-state index contributed by atoms with van der Waals surface area (Å²) in [5, 5.41) is 12.3. The quantitative estimate of drug-likeness (QED) is 0.725. The van der Waals surface area contributed by atoms with Gasteiger partial charge in [0.15, 0.2) is 0 Å². The molecule has 4 rings (SSSR count). The normalized spacial score (nSPS) is 18.4. The van der Waals surface area contributed by atoms with Gasteiger partial charge in [-0.05, 0) is 41.7 Å². The van der Waals surface area contributed by atoms with E-state index in [1.165, 1.54) is 0 Å². The number of carbonyl (C=O) groups excluding carboxylic acids is 2. The molecule has 32 heavy (non-hydrogen) atoms. The summed E-state index contributed by atoms with van der Waals surface area (Å²) < 4.78 is 5.29. The molecule has 0 saturated carbocycles. The fourth-order valence-electron chi connectivity index (χ4n) is 3.92. The van der Waals surface area contributed by atoms with E-state index in [9.17, 15) is 14.9 Å². The highest BCUT2D eigenvalue weighted by molar-refractivity contribution is 8.00. The number of fused-ring (bicyclic) bond motifs is 1. The Balaban J connectivity index is 1.43. The molecule has 2 heterocycles. The zero-order valence-electron chi connectivity index (χ0n) is 18.0. The van der Waals surface area contributed by atoms with Gasteiger partial charge in [0, 0.05) is 31.6 Å². The van der Waals surface area contributed by atoms with Crippen molar-refractivity contribution in [3.05, 3.63) is 48.0 Å². The highest BCUT2D eigenvalue weighted by Crippen LogP contribution is 2.37. The molecule has 2 aromatic carbocycles. The van der Waals surface area contributed by atoms with E-state index in [1.807, 2.05) is 36.4 Å². The van der Waals surface area contributed by atoms with Gasteiger partial charge in [-0.3, -0.25) is 9.59 Å². The molecule has 0 radical (unpaired) electrons. The molecule has 2 aliphatic rings. The van der Waals surface area contributed by atoms with Gasteiger partial charge in [0.2, 0.25) is 11.8 Å². The van der Waals surface area contributed by atoms with E-state index in [0.717, 1.165) is 27.3 Å². The molecule has 1 fully saturated rings. The van der Waals surface area contributed by atoms with Crippen molar-refractivity contribution in [3.8, 4) is 17.2 Å². The van der Waals surface area contributed by atoms with E-state index < -0.39 is 11.6 Å². The van der Waals surface area contributed by atoms with E-state index in [-0.39, 0.29) is 11.8 Å². The number of carbonyl (C=O) groups is 2. The van der Waals surface area contributed by atoms with Crippen LogP contribution in [0.1, 0.15) is 18.4 Å². The number of amides is 2. The number of nitrogens with one attached hydrogen (secondary N) is 1. The van der Waals surface area contributed by atoms with E-state index in [4.69, 9.17) is 10.5 Å². The Kier molecular flexibility index (Phi) is 6.51. The zero-order chi connectivity index (χ0) is 22.7. The first kappa shape index (κ1) is 22.3. The molecule has 3 N–H and O–H groups in total. The van der Waals surface area contributed by atoms with Crippen LogP contribution in [0.2, 0.25) is 0 Å². The maximum atomic E-state index is 12.6. The van der Waals surface area contributed by atoms with Gasteiger partial charge in [-0.15, -0.1) is 11.8 Å². The number of nitrogens with zero attached hydrogens (tertiary/aromatic N) is 2. The molecule has 166 valence electrons. The highest BCUT2D eigenvalue weighted by atomic mass is 32.2. The number of hydrogen-bond donors (Lipinski definition) is 2. The molecule has 2 aliphatic heterocycles. The first-order valence-corrected chi connectivity index (χ1v) is 11.6. The summed E-state index contributed by atoms with van der Waals surface area (Å²) in [6, 6.07) is 15.6. The van der Waals surface area contributed by atoms with Crippen LogP contribution in [0, 0.1) is 11.3 Å². The fourth-order valence-corrected chi connectivity index (χ4v) is 4.96. The third-order valence-corrected chi connectivity index (χ3v) is 7.10. The lowest BCUT2D eigenvalue weighted by molar-refractivity contribution is -0.130. The molecule has 0 bridgehead atoms. The number of thioether (sulfide) groups is 1. The van der Waals surface area contributed by atoms with Crippen LogP contribution in [-0.4, -0.2) is 49.4 Å². The Morgan fingerprint density at radius 3 is 2.62 bits per heavy atom. The first-order valence-electron chi connectivity index (χ1n) is 10.6. The van der Waals surface area contributed by atoms with Crippen LogP contribution in [0.5, 0.6) is 0 Å². The van der Waals surface area contributed by atoms with Crippen molar-refractivity contribution in [3.63, 3.8) is 0 Å². The van der Waals surface area contributed by atoms with Crippen molar-refractivity contribution in [1.82, 2.24) is 5.32 Å². The summed E-state index contributed by atoms with van der Waals surface area (Å²) in [6.45, 7) is 0.910. The summed E-state index contributed by atoms with van der Waals surface area (Å²) in [4.78, 5) is 27.3. The van der Waals surface area contributed by atoms with Crippen molar-refractivity contribution in [2.24, 2.45) is 5.73 Å². The smallest absolute Gasteiger partial charge is 0.241 e. The summed E-state index contributed by atoms with van der Waals surface area (Å²) >= 11 is 1.56. The molecule has 2 amide bonds. The van der Waals surface area contributed by atoms with E-state index in [0.29, 0.717) is 38.2 Å². The number of rotatable bonds is 5. The minimum atomic E-state index is -0.972. The van der Waals surface area contributed by atoms with Gasteiger partial charge in [0.1, 0.15) is 6.04 Å². The van der Waals surface area contributed by atoms with Crippen LogP contribution in [0.25, 0.3) is 11.1 Å². The van der Waals surface area contributed by atoms with E-state index in [1.54, 1.807) is 23.7 Å².